The molecule has 2 fully saturated rings. The molecule has 2 unspecified atom stereocenters. The summed E-state index contributed by atoms with van der Waals surface area (Å²) in [6.45, 7) is 0. The molecule has 6 nitrogen and oxygen atoms in total. The van der Waals surface area contributed by atoms with Crippen molar-refractivity contribution in [3.05, 3.63) is 34.9 Å². The fourth-order valence-corrected chi connectivity index (χ4v) is 3.20. The van der Waals surface area contributed by atoms with E-state index in [-0.39, 0.29) is 30.0 Å². The number of hydrogen-bond acceptors (Lipinski definition) is 4. The molecule has 1 aliphatic heterocycles. The van der Waals surface area contributed by atoms with E-state index in [1.807, 2.05) is 24.3 Å². The quantitative estimate of drug-likeness (QED) is 0.669. The van der Waals surface area contributed by atoms with Crippen LogP contribution in [-0.2, 0) is 9.59 Å². The zero-order valence-electron chi connectivity index (χ0n) is 11.9. The summed E-state index contributed by atoms with van der Waals surface area (Å²) in [6.07, 6.45) is 1.62. The normalized spacial score (nSPS) is 30.6. The Hall–Kier alpha value is -1.63. The second kappa shape index (κ2) is 6.24. The Kier molecular flexibility index (Phi) is 4.33. The first kappa shape index (κ1) is 15.3. The first-order chi connectivity index (χ1) is 10.5. The molecule has 7 heteroatoms. The smallest absolute Gasteiger partial charge is 0.306 e. The number of hydrogen-bond donors (Lipinski definition) is 4. The van der Waals surface area contributed by atoms with Crippen LogP contribution < -0.4 is 16.2 Å². The molecule has 0 radical (unpaired) electrons. The molecule has 4 N–H and O–H groups in total. The van der Waals surface area contributed by atoms with Crippen molar-refractivity contribution >= 4 is 23.5 Å². The van der Waals surface area contributed by atoms with Gasteiger partial charge >= 0.3 is 5.97 Å². The van der Waals surface area contributed by atoms with E-state index in [0.717, 1.165) is 5.56 Å². The van der Waals surface area contributed by atoms with Crippen molar-refractivity contribution in [3.8, 4) is 0 Å². The second-order valence-electron chi connectivity index (χ2n) is 5.86. The Bertz CT molecular complexity index is 589. The molecule has 1 heterocycles. The van der Waals surface area contributed by atoms with Crippen molar-refractivity contribution in [2.45, 2.75) is 37.4 Å². The average Bonchev–Trinajstić information content (AvgIpc) is 2.91. The average molecular weight is 324 g/mol. The van der Waals surface area contributed by atoms with Gasteiger partial charge < -0.3 is 10.4 Å². The largest absolute Gasteiger partial charge is 0.481 e. The van der Waals surface area contributed by atoms with Crippen LogP contribution in [0.25, 0.3) is 0 Å². The number of carbonyl (C=O) groups is 2. The van der Waals surface area contributed by atoms with Crippen molar-refractivity contribution in [2.75, 3.05) is 0 Å². The lowest BCUT2D eigenvalue weighted by Gasteiger charge is -2.33. The molecule has 1 aromatic carbocycles. The number of nitrogens with one attached hydrogen (secondary N) is 3. The van der Waals surface area contributed by atoms with E-state index in [9.17, 15) is 9.59 Å². The number of amides is 1. The van der Waals surface area contributed by atoms with Crippen LogP contribution in [0.2, 0.25) is 5.02 Å². The molecule has 2 atom stereocenters. The van der Waals surface area contributed by atoms with E-state index in [4.69, 9.17) is 16.7 Å². The van der Waals surface area contributed by atoms with E-state index < -0.39 is 5.97 Å². The monoisotopic (exact) mass is 323 g/mol. The number of carbonyl (C=O) groups excluding carboxylic acids is 1. The summed E-state index contributed by atoms with van der Waals surface area (Å²) in [6, 6.07) is 7.15. The van der Waals surface area contributed by atoms with Crippen LogP contribution in [0.15, 0.2) is 24.3 Å². The standard InChI is InChI=1S/C15H18ClN3O3/c16-11-4-2-1-3-10(11)12-7-13(19-18-12)14(20)17-9-5-8(6-9)15(21)22/h1-4,8-9,12-13,18-19H,5-7H2,(H,17,20)(H,21,22). The van der Waals surface area contributed by atoms with Crippen LogP contribution in [0.1, 0.15) is 30.9 Å². The second-order valence-corrected chi connectivity index (χ2v) is 6.27. The summed E-state index contributed by atoms with van der Waals surface area (Å²) in [4.78, 5) is 22.9. The number of benzene rings is 1. The van der Waals surface area contributed by atoms with E-state index in [0.29, 0.717) is 24.3 Å². The minimum atomic E-state index is -0.787. The first-order valence-electron chi connectivity index (χ1n) is 7.33. The van der Waals surface area contributed by atoms with E-state index in [1.54, 1.807) is 0 Å². The maximum Gasteiger partial charge on any atom is 0.306 e. The lowest BCUT2D eigenvalue weighted by molar-refractivity contribution is -0.146. The predicted octanol–water partition coefficient (Wildman–Crippen LogP) is 1.23. The van der Waals surface area contributed by atoms with E-state index >= 15 is 0 Å². The lowest BCUT2D eigenvalue weighted by atomic mass is 9.80. The van der Waals surface area contributed by atoms with Gasteiger partial charge in [-0.3, -0.25) is 9.59 Å². The first-order valence-corrected chi connectivity index (χ1v) is 7.71. The molecule has 1 aliphatic carbocycles. The molecule has 0 spiro atoms. The molecular formula is C15H18ClN3O3. The molecule has 1 saturated carbocycles. The highest BCUT2D eigenvalue weighted by Gasteiger charge is 2.38. The molecule has 1 amide bonds. The van der Waals surface area contributed by atoms with Gasteiger partial charge in [-0.15, -0.1) is 0 Å². The molecule has 2 aliphatic rings. The highest BCUT2D eigenvalue weighted by molar-refractivity contribution is 6.31. The SMILES string of the molecule is O=C(O)C1CC(NC(=O)C2CC(c3ccccc3Cl)NN2)C1. The Morgan fingerprint density at radius 1 is 1.18 bits per heavy atom. The Morgan fingerprint density at radius 2 is 1.91 bits per heavy atom. The summed E-state index contributed by atoms with van der Waals surface area (Å²) in [5.41, 5.74) is 7.03. The number of halogens is 1. The van der Waals surface area contributed by atoms with Gasteiger partial charge in [0.2, 0.25) is 5.91 Å². The van der Waals surface area contributed by atoms with Crippen LogP contribution in [0.3, 0.4) is 0 Å². The van der Waals surface area contributed by atoms with E-state index in [2.05, 4.69) is 16.2 Å². The van der Waals surface area contributed by atoms with Crippen molar-refractivity contribution < 1.29 is 14.7 Å². The van der Waals surface area contributed by atoms with Gasteiger partial charge in [-0.2, -0.15) is 0 Å². The molecule has 22 heavy (non-hydrogen) atoms. The van der Waals surface area contributed by atoms with Crippen molar-refractivity contribution in [1.82, 2.24) is 16.2 Å². The van der Waals surface area contributed by atoms with Crippen molar-refractivity contribution in [1.29, 1.82) is 0 Å². The van der Waals surface area contributed by atoms with Gasteiger partial charge in [0.05, 0.1) is 5.92 Å². The summed E-state index contributed by atoms with van der Waals surface area (Å²) in [7, 11) is 0. The van der Waals surface area contributed by atoms with Gasteiger partial charge in [0, 0.05) is 17.1 Å². The Labute approximate surface area is 133 Å². The Balaban J connectivity index is 1.52. The molecule has 1 saturated heterocycles. The molecule has 3 rings (SSSR count). The fraction of sp³-hybridized carbons (Fsp3) is 0.467. The third-order valence-electron chi connectivity index (χ3n) is 4.33. The van der Waals surface area contributed by atoms with Crippen LogP contribution in [0, 0.1) is 5.92 Å². The lowest BCUT2D eigenvalue weighted by Crippen LogP contribution is -2.52. The van der Waals surface area contributed by atoms with Crippen LogP contribution in [-0.4, -0.2) is 29.1 Å². The predicted molar refractivity (Wildman–Crippen MR) is 81.2 cm³/mol. The minimum Gasteiger partial charge on any atom is -0.481 e. The maximum atomic E-state index is 12.2. The fourth-order valence-electron chi connectivity index (χ4n) is 2.93. The summed E-state index contributed by atoms with van der Waals surface area (Å²) >= 11 is 6.17. The van der Waals surface area contributed by atoms with Crippen LogP contribution >= 0.6 is 11.6 Å². The highest BCUT2D eigenvalue weighted by atomic mass is 35.5. The summed E-state index contributed by atoms with van der Waals surface area (Å²) in [5.74, 6) is -1.21. The number of hydrazine groups is 1. The van der Waals surface area contributed by atoms with Gasteiger partial charge in [-0.1, -0.05) is 29.8 Å². The van der Waals surface area contributed by atoms with E-state index in [1.165, 1.54) is 0 Å². The van der Waals surface area contributed by atoms with Gasteiger partial charge in [-0.05, 0) is 30.9 Å². The topological polar surface area (TPSA) is 90.5 Å². The van der Waals surface area contributed by atoms with Crippen molar-refractivity contribution in [3.63, 3.8) is 0 Å². The highest BCUT2D eigenvalue weighted by Crippen LogP contribution is 2.30. The van der Waals surface area contributed by atoms with Crippen LogP contribution in [0.5, 0.6) is 0 Å². The molecular weight excluding hydrogens is 306 g/mol. The molecule has 0 aromatic heterocycles. The minimum absolute atomic E-state index is 0.0161. The zero-order chi connectivity index (χ0) is 15.7. The zero-order valence-corrected chi connectivity index (χ0v) is 12.6. The number of carboxylic acids is 1. The third-order valence-corrected chi connectivity index (χ3v) is 4.68. The third kappa shape index (κ3) is 3.09. The van der Waals surface area contributed by atoms with Gasteiger partial charge in [0.1, 0.15) is 6.04 Å². The number of rotatable bonds is 4. The molecule has 118 valence electrons. The molecule has 1 aromatic rings. The Morgan fingerprint density at radius 3 is 2.59 bits per heavy atom. The summed E-state index contributed by atoms with van der Waals surface area (Å²) in [5, 5.41) is 12.4. The maximum absolute atomic E-state index is 12.2. The van der Waals surface area contributed by atoms with Gasteiger partial charge in [0.25, 0.3) is 0 Å². The molecule has 0 bridgehead atoms. The van der Waals surface area contributed by atoms with Crippen molar-refractivity contribution in [2.24, 2.45) is 5.92 Å². The number of carboxylic acid groups (broad SMARTS) is 1. The van der Waals surface area contributed by atoms with Gasteiger partial charge in [-0.25, -0.2) is 10.9 Å². The van der Waals surface area contributed by atoms with Gasteiger partial charge in [0.15, 0.2) is 0 Å². The summed E-state index contributed by atoms with van der Waals surface area (Å²) < 4.78 is 0. The number of aliphatic carboxylic acids is 1. The van der Waals surface area contributed by atoms with Crippen LogP contribution in [0.4, 0.5) is 0 Å².